The van der Waals surface area contributed by atoms with Gasteiger partial charge in [-0.3, -0.25) is 0 Å². The summed E-state index contributed by atoms with van der Waals surface area (Å²) in [5, 5.41) is 16.3. The minimum absolute atomic E-state index is 0.328. The molecule has 0 spiro atoms. The fourth-order valence-electron chi connectivity index (χ4n) is 1.68. The third-order valence-corrected chi connectivity index (χ3v) is 2.89. The molecule has 2 aliphatic rings. The fourth-order valence-corrected chi connectivity index (χ4v) is 1.68. The number of rotatable bonds is 3. The van der Waals surface area contributed by atoms with Crippen LogP contribution in [0.3, 0.4) is 0 Å². The van der Waals surface area contributed by atoms with Crippen molar-refractivity contribution in [3.63, 3.8) is 0 Å². The SMILES string of the molecule is OC1(CNC2CCNCC2)CC1. The van der Waals surface area contributed by atoms with E-state index >= 15 is 0 Å². The molecular formula is C9H18N2O. The molecule has 0 radical (unpaired) electrons. The molecule has 12 heavy (non-hydrogen) atoms. The molecule has 1 aliphatic carbocycles. The van der Waals surface area contributed by atoms with Crippen molar-refractivity contribution in [2.24, 2.45) is 0 Å². The van der Waals surface area contributed by atoms with Crippen LogP contribution in [0.4, 0.5) is 0 Å². The van der Waals surface area contributed by atoms with Gasteiger partial charge in [0.2, 0.25) is 0 Å². The monoisotopic (exact) mass is 170 g/mol. The Labute approximate surface area is 73.5 Å². The van der Waals surface area contributed by atoms with Crippen molar-refractivity contribution in [3.8, 4) is 0 Å². The van der Waals surface area contributed by atoms with Gasteiger partial charge in [-0.15, -0.1) is 0 Å². The van der Waals surface area contributed by atoms with E-state index < -0.39 is 0 Å². The van der Waals surface area contributed by atoms with Gasteiger partial charge in [-0.2, -0.15) is 0 Å². The van der Waals surface area contributed by atoms with E-state index in [9.17, 15) is 5.11 Å². The molecule has 2 rings (SSSR count). The van der Waals surface area contributed by atoms with Crippen LogP contribution in [-0.2, 0) is 0 Å². The van der Waals surface area contributed by atoms with E-state index in [0.29, 0.717) is 6.04 Å². The van der Waals surface area contributed by atoms with Crippen molar-refractivity contribution in [1.29, 1.82) is 0 Å². The van der Waals surface area contributed by atoms with Gasteiger partial charge in [0.1, 0.15) is 0 Å². The van der Waals surface area contributed by atoms with E-state index in [-0.39, 0.29) is 5.60 Å². The predicted octanol–water partition coefficient (Wildman–Crippen LogP) is -0.147. The third kappa shape index (κ3) is 2.19. The first-order valence-corrected chi connectivity index (χ1v) is 4.95. The second-order valence-electron chi connectivity index (χ2n) is 4.13. The van der Waals surface area contributed by atoms with Crippen molar-refractivity contribution in [3.05, 3.63) is 0 Å². The normalized spacial score (nSPS) is 28.8. The highest BCUT2D eigenvalue weighted by Gasteiger charge is 2.40. The molecule has 3 N–H and O–H groups in total. The number of piperidine rings is 1. The zero-order chi connectivity index (χ0) is 8.44. The molecule has 3 nitrogen and oxygen atoms in total. The van der Waals surface area contributed by atoms with Gasteiger partial charge in [0, 0.05) is 12.6 Å². The van der Waals surface area contributed by atoms with E-state index in [1.807, 2.05) is 0 Å². The molecule has 1 heterocycles. The lowest BCUT2D eigenvalue weighted by Crippen LogP contribution is -2.43. The van der Waals surface area contributed by atoms with Crippen LogP contribution in [0.2, 0.25) is 0 Å². The minimum atomic E-state index is -0.328. The molecule has 3 heteroatoms. The van der Waals surface area contributed by atoms with Crippen molar-refractivity contribution >= 4 is 0 Å². The summed E-state index contributed by atoms with van der Waals surface area (Å²) in [4.78, 5) is 0. The van der Waals surface area contributed by atoms with Crippen molar-refractivity contribution in [2.75, 3.05) is 19.6 Å². The third-order valence-electron chi connectivity index (χ3n) is 2.89. The molecule has 0 unspecified atom stereocenters. The average molecular weight is 170 g/mol. The number of hydrogen-bond acceptors (Lipinski definition) is 3. The van der Waals surface area contributed by atoms with Gasteiger partial charge in [0.25, 0.3) is 0 Å². The van der Waals surface area contributed by atoms with Gasteiger partial charge < -0.3 is 15.7 Å². The molecule has 1 saturated heterocycles. The maximum absolute atomic E-state index is 9.58. The fraction of sp³-hybridized carbons (Fsp3) is 1.00. The molecule has 1 saturated carbocycles. The number of nitrogens with one attached hydrogen (secondary N) is 2. The van der Waals surface area contributed by atoms with Crippen molar-refractivity contribution in [1.82, 2.24) is 10.6 Å². The van der Waals surface area contributed by atoms with Gasteiger partial charge in [-0.05, 0) is 38.8 Å². The average Bonchev–Trinajstić information content (AvgIpc) is 2.84. The van der Waals surface area contributed by atoms with Crippen molar-refractivity contribution in [2.45, 2.75) is 37.3 Å². The van der Waals surface area contributed by atoms with Crippen LogP contribution < -0.4 is 10.6 Å². The molecule has 2 fully saturated rings. The Morgan fingerprint density at radius 3 is 2.58 bits per heavy atom. The topological polar surface area (TPSA) is 44.3 Å². The smallest absolute Gasteiger partial charge is 0.0773 e. The quantitative estimate of drug-likeness (QED) is 0.552. The second kappa shape index (κ2) is 3.32. The highest BCUT2D eigenvalue weighted by molar-refractivity contribution is 4.96. The van der Waals surface area contributed by atoms with Gasteiger partial charge in [-0.25, -0.2) is 0 Å². The van der Waals surface area contributed by atoms with Crippen LogP contribution in [0.15, 0.2) is 0 Å². The Bertz CT molecular complexity index is 151. The lowest BCUT2D eigenvalue weighted by molar-refractivity contribution is 0.141. The van der Waals surface area contributed by atoms with E-state index in [2.05, 4.69) is 10.6 Å². The first kappa shape index (κ1) is 8.48. The Morgan fingerprint density at radius 2 is 2.00 bits per heavy atom. The zero-order valence-electron chi connectivity index (χ0n) is 7.47. The van der Waals surface area contributed by atoms with Crippen LogP contribution in [0.5, 0.6) is 0 Å². The Morgan fingerprint density at radius 1 is 1.33 bits per heavy atom. The zero-order valence-corrected chi connectivity index (χ0v) is 7.47. The summed E-state index contributed by atoms with van der Waals surface area (Å²) in [6, 6.07) is 0.635. The maximum Gasteiger partial charge on any atom is 0.0773 e. The minimum Gasteiger partial charge on any atom is -0.389 e. The molecule has 0 aromatic carbocycles. The van der Waals surface area contributed by atoms with Gasteiger partial charge in [0.15, 0.2) is 0 Å². The summed E-state index contributed by atoms with van der Waals surface area (Å²) in [5.41, 5.74) is -0.328. The summed E-state index contributed by atoms with van der Waals surface area (Å²) in [7, 11) is 0. The molecule has 0 amide bonds. The summed E-state index contributed by atoms with van der Waals surface area (Å²) in [5.74, 6) is 0. The van der Waals surface area contributed by atoms with Gasteiger partial charge in [0.05, 0.1) is 5.60 Å². The Balaban J connectivity index is 1.65. The van der Waals surface area contributed by atoms with Gasteiger partial charge >= 0.3 is 0 Å². The van der Waals surface area contributed by atoms with Crippen LogP contribution in [-0.4, -0.2) is 36.4 Å². The van der Waals surface area contributed by atoms with E-state index in [1.54, 1.807) is 0 Å². The summed E-state index contributed by atoms with van der Waals surface area (Å²) >= 11 is 0. The summed E-state index contributed by atoms with van der Waals surface area (Å²) in [6.45, 7) is 3.05. The van der Waals surface area contributed by atoms with Crippen LogP contribution >= 0.6 is 0 Å². The second-order valence-corrected chi connectivity index (χ2v) is 4.13. The molecule has 1 aliphatic heterocycles. The Hall–Kier alpha value is -0.120. The largest absolute Gasteiger partial charge is 0.389 e. The predicted molar refractivity (Wildman–Crippen MR) is 48.1 cm³/mol. The standard InChI is InChI=1S/C9H18N2O/c12-9(3-4-9)7-11-8-1-5-10-6-2-8/h8,10-12H,1-7H2. The van der Waals surface area contributed by atoms with E-state index in [1.165, 1.54) is 12.8 Å². The van der Waals surface area contributed by atoms with E-state index in [0.717, 1.165) is 32.5 Å². The van der Waals surface area contributed by atoms with Crippen LogP contribution in [0.1, 0.15) is 25.7 Å². The lowest BCUT2D eigenvalue weighted by atomic mass is 10.1. The summed E-state index contributed by atoms with van der Waals surface area (Å²) in [6.07, 6.45) is 4.39. The van der Waals surface area contributed by atoms with Crippen LogP contribution in [0.25, 0.3) is 0 Å². The first-order valence-electron chi connectivity index (χ1n) is 4.95. The molecular weight excluding hydrogens is 152 g/mol. The highest BCUT2D eigenvalue weighted by Crippen LogP contribution is 2.34. The summed E-state index contributed by atoms with van der Waals surface area (Å²) < 4.78 is 0. The molecule has 0 atom stereocenters. The van der Waals surface area contributed by atoms with Gasteiger partial charge in [-0.1, -0.05) is 0 Å². The number of hydrogen-bond donors (Lipinski definition) is 3. The maximum atomic E-state index is 9.58. The van der Waals surface area contributed by atoms with E-state index in [4.69, 9.17) is 0 Å². The lowest BCUT2D eigenvalue weighted by Gasteiger charge is -2.24. The van der Waals surface area contributed by atoms with Crippen LogP contribution in [0, 0.1) is 0 Å². The number of aliphatic hydroxyl groups is 1. The molecule has 0 bridgehead atoms. The molecule has 0 aromatic rings. The van der Waals surface area contributed by atoms with Crippen molar-refractivity contribution < 1.29 is 5.11 Å². The Kier molecular flexibility index (Phi) is 2.35. The molecule has 0 aromatic heterocycles. The molecule has 70 valence electrons. The highest BCUT2D eigenvalue weighted by atomic mass is 16.3. The first-order chi connectivity index (χ1) is 5.79.